The lowest BCUT2D eigenvalue weighted by atomic mass is 10.2. The molecule has 3 rings (SSSR count). The van der Waals surface area contributed by atoms with Crippen LogP contribution in [0.2, 0.25) is 5.02 Å². The monoisotopic (exact) mass is 389 g/mol. The molecule has 5 nitrogen and oxygen atoms in total. The smallest absolute Gasteiger partial charge is 0.279 e. The van der Waals surface area contributed by atoms with E-state index in [0.717, 1.165) is 60.6 Å². The molecule has 1 atom stereocenters. The molecule has 0 spiro atoms. The number of carbonyl (C=O) groups is 1. The van der Waals surface area contributed by atoms with Crippen molar-refractivity contribution in [2.45, 2.75) is 13.1 Å². The van der Waals surface area contributed by atoms with Crippen molar-refractivity contribution in [2.24, 2.45) is 0 Å². The summed E-state index contributed by atoms with van der Waals surface area (Å²) in [5.74, 6) is 0.0149. The van der Waals surface area contributed by atoms with Crippen LogP contribution in [0.3, 0.4) is 0 Å². The van der Waals surface area contributed by atoms with E-state index in [-0.39, 0.29) is 5.91 Å². The van der Waals surface area contributed by atoms with Gasteiger partial charge in [0.15, 0.2) is 6.54 Å². The Morgan fingerprint density at radius 2 is 1.89 bits per heavy atom. The van der Waals surface area contributed by atoms with Crippen LogP contribution in [0.1, 0.15) is 11.1 Å². The highest BCUT2D eigenvalue weighted by Gasteiger charge is 2.14. The molecule has 0 aromatic heterocycles. The van der Waals surface area contributed by atoms with Gasteiger partial charge in [-0.2, -0.15) is 0 Å². The summed E-state index contributed by atoms with van der Waals surface area (Å²) in [7, 11) is 2.01. The zero-order valence-corrected chi connectivity index (χ0v) is 16.5. The van der Waals surface area contributed by atoms with Gasteiger partial charge in [0.05, 0.1) is 20.3 Å². The molecule has 1 heterocycles. The first-order chi connectivity index (χ1) is 13.1. The van der Waals surface area contributed by atoms with Gasteiger partial charge in [-0.1, -0.05) is 35.9 Å². The van der Waals surface area contributed by atoms with E-state index in [2.05, 4.69) is 17.4 Å². The van der Waals surface area contributed by atoms with Gasteiger partial charge in [-0.15, -0.1) is 0 Å². The normalized spacial score (nSPS) is 16.1. The Bertz CT molecular complexity index is 745. The van der Waals surface area contributed by atoms with E-state index in [4.69, 9.17) is 16.3 Å². The highest BCUT2D eigenvalue weighted by molar-refractivity contribution is 6.30. The quantitative estimate of drug-likeness (QED) is 0.642. The summed E-state index contributed by atoms with van der Waals surface area (Å²) in [6, 6.07) is 15.9. The predicted molar refractivity (Wildman–Crippen MR) is 107 cm³/mol. The van der Waals surface area contributed by atoms with Crippen molar-refractivity contribution in [3.8, 4) is 0 Å². The number of morpholine rings is 1. The fourth-order valence-corrected chi connectivity index (χ4v) is 3.58. The van der Waals surface area contributed by atoms with Crippen molar-refractivity contribution < 1.29 is 19.3 Å². The molecule has 1 aliphatic heterocycles. The highest BCUT2D eigenvalue weighted by Crippen LogP contribution is 2.10. The topological polar surface area (TPSA) is 47.2 Å². The molecule has 1 amide bonds. The van der Waals surface area contributed by atoms with Crippen LogP contribution in [0.25, 0.3) is 0 Å². The van der Waals surface area contributed by atoms with Crippen molar-refractivity contribution in [3.63, 3.8) is 0 Å². The number of quaternary nitrogens is 2. The van der Waals surface area contributed by atoms with Crippen LogP contribution in [0.15, 0.2) is 48.5 Å². The summed E-state index contributed by atoms with van der Waals surface area (Å²) in [5.41, 5.74) is 3.26. The number of likely N-dealkylation sites (N-methyl/N-ethyl adjacent to an activating group) is 1. The average molecular weight is 390 g/mol. The van der Waals surface area contributed by atoms with Crippen molar-refractivity contribution in [3.05, 3.63) is 64.7 Å². The molecule has 0 bridgehead atoms. The first-order valence-corrected chi connectivity index (χ1v) is 9.82. The molecule has 2 aromatic carbocycles. The van der Waals surface area contributed by atoms with Crippen molar-refractivity contribution >= 4 is 23.2 Å². The van der Waals surface area contributed by atoms with Gasteiger partial charge >= 0.3 is 0 Å². The second-order valence-corrected chi connectivity index (χ2v) is 7.66. The fraction of sp³-hybridized carbons (Fsp3) is 0.381. The van der Waals surface area contributed by atoms with Gasteiger partial charge in [0.1, 0.15) is 26.2 Å². The zero-order valence-electron chi connectivity index (χ0n) is 15.8. The molecular formula is C21H28ClN3O2+2. The number of benzene rings is 2. The SMILES string of the molecule is C[NH+](CC(=O)Nc1ccc(C[NH+]2CCOCC2)cc1)Cc1cccc(Cl)c1. The van der Waals surface area contributed by atoms with Gasteiger partial charge in [-0.05, 0) is 24.3 Å². The summed E-state index contributed by atoms with van der Waals surface area (Å²) in [6.07, 6.45) is 0. The molecule has 6 heteroatoms. The molecule has 0 aliphatic carbocycles. The maximum Gasteiger partial charge on any atom is 0.279 e. The Balaban J connectivity index is 1.45. The Labute approximate surface area is 165 Å². The number of rotatable bonds is 7. The van der Waals surface area contributed by atoms with E-state index in [1.165, 1.54) is 5.56 Å². The van der Waals surface area contributed by atoms with E-state index in [1.807, 2.05) is 43.4 Å². The van der Waals surface area contributed by atoms with Gasteiger partial charge in [0.25, 0.3) is 5.91 Å². The molecule has 144 valence electrons. The maximum atomic E-state index is 12.3. The van der Waals surface area contributed by atoms with Gasteiger partial charge in [0, 0.05) is 21.8 Å². The number of carbonyl (C=O) groups excluding carboxylic acids is 1. The van der Waals surface area contributed by atoms with Crippen molar-refractivity contribution in [2.75, 3.05) is 45.2 Å². The molecule has 0 saturated carbocycles. The number of anilines is 1. The van der Waals surface area contributed by atoms with Crippen LogP contribution < -0.4 is 15.1 Å². The molecule has 3 N–H and O–H groups in total. The molecule has 27 heavy (non-hydrogen) atoms. The lowest BCUT2D eigenvalue weighted by molar-refractivity contribution is -0.921. The number of ether oxygens (including phenoxy) is 1. The van der Waals surface area contributed by atoms with E-state index in [0.29, 0.717) is 6.54 Å². The zero-order chi connectivity index (χ0) is 19.1. The largest absolute Gasteiger partial charge is 0.370 e. The Hall–Kier alpha value is -1.92. The first kappa shape index (κ1) is 19.8. The molecule has 0 radical (unpaired) electrons. The third-order valence-corrected chi connectivity index (χ3v) is 4.98. The number of halogens is 1. The Morgan fingerprint density at radius 3 is 2.59 bits per heavy atom. The van der Waals surface area contributed by atoms with Crippen LogP contribution in [0.5, 0.6) is 0 Å². The van der Waals surface area contributed by atoms with E-state index >= 15 is 0 Å². The van der Waals surface area contributed by atoms with Gasteiger partial charge in [-0.3, -0.25) is 4.79 Å². The molecule has 1 unspecified atom stereocenters. The van der Waals surface area contributed by atoms with Crippen LogP contribution in [-0.2, 0) is 22.6 Å². The number of nitrogens with one attached hydrogen (secondary N) is 3. The molecule has 2 aromatic rings. The van der Waals surface area contributed by atoms with E-state index in [1.54, 1.807) is 4.90 Å². The summed E-state index contributed by atoms with van der Waals surface area (Å²) in [4.78, 5) is 15.0. The molecular weight excluding hydrogens is 362 g/mol. The van der Waals surface area contributed by atoms with Gasteiger partial charge < -0.3 is 19.9 Å². The lowest BCUT2D eigenvalue weighted by Crippen LogP contribution is -3.12. The highest BCUT2D eigenvalue weighted by atomic mass is 35.5. The van der Waals surface area contributed by atoms with E-state index < -0.39 is 0 Å². The summed E-state index contributed by atoms with van der Waals surface area (Å²) < 4.78 is 5.40. The Kier molecular flexibility index (Phi) is 7.24. The van der Waals surface area contributed by atoms with E-state index in [9.17, 15) is 4.79 Å². The summed E-state index contributed by atoms with van der Waals surface area (Å²) >= 11 is 6.02. The summed E-state index contributed by atoms with van der Waals surface area (Å²) in [5, 5.41) is 3.71. The maximum absolute atomic E-state index is 12.3. The van der Waals surface area contributed by atoms with Crippen LogP contribution in [0, 0.1) is 0 Å². The summed E-state index contributed by atoms with van der Waals surface area (Å²) in [6.45, 7) is 5.97. The van der Waals surface area contributed by atoms with Crippen molar-refractivity contribution in [1.29, 1.82) is 0 Å². The fourth-order valence-electron chi connectivity index (χ4n) is 3.37. The minimum Gasteiger partial charge on any atom is -0.370 e. The molecule has 1 saturated heterocycles. The number of hydrogen-bond donors (Lipinski definition) is 3. The van der Waals surface area contributed by atoms with Crippen LogP contribution in [-0.4, -0.2) is 45.8 Å². The second kappa shape index (κ2) is 9.85. The minimum atomic E-state index is 0.0149. The van der Waals surface area contributed by atoms with Crippen molar-refractivity contribution in [1.82, 2.24) is 0 Å². The third kappa shape index (κ3) is 6.63. The van der Waals surface area contributed by atoms with Gasteiger partial charge in [0.2, 0.25) is 0 Å². The Morgan fingerprint density at radius 1 is 1.15 bits per heavy atom. The van der Waals surface area contributed by atoms with Crippen LogP contribution in [0.4, 0.5) is 5.69 Å². The number of hydrogen-bond acceptors (Lipinski definition) is 2. The van der Waals surface area contributed by atoms with Crippen LogP contribution >= 0.6 is 11.6 Å². The lowest BCUT2D eigenvalue weighted by Gasteiger charge is -2.23. The number of amides is 1. The first-order valence-electron chi connectivity index (χ1n) is 9.44. The molecule has 1 aliphatic rings. The standard InChI is InChI=1S/C21H26ClN3O2/c1-24(14-18-3-2-4-19(22)13-18)16-21(26)23-20-7-5-17(6-8-20)15-25-9-11-27-12-10-25/h2-8,13H,9-12,14-16H2,1H3,(H,23,26)/p+2. The second-order valence-electron chi connectivity index (χ2n) is 7.22. The average Bonchev–Trinajstić information content (AvgIpc) is 2.64. The van der Waals surface area contributed by atoms with Gasteiger partial charge in [-0.25, -0.2) is 0 Å². The minimum absolute atomic E-state index is 0.0149. The molecule has 1 fully saturated rings. The third-order valence-electron chi connectivity index (χ3n) is 4.75. The predicted octanol–water partition coefficient (Wildman–Crippen LogP) is 0.409.